The van der Waals surface area contributed by atoms with E-state index in [9.17, 15) is 4.79 Å². The maximum Gasteiger partial charge on any atom is 0.253 e. The summed E-state index contributed by atoms with van der Waals surface area (Å²) in [6, 6.07) is 0. The number of pyridine rings is 1. The summed E-state index contributed by atoms with van der Waals surface area (Å²) in [7, 11) is 1.60. The van der Waals surface area contributed by atoms with Crippen LogP contribution in [-0.2, 0) is 0 Å². The van der Waals surface area contributed by atoms with Gasteiger partial charge in [0.15, 0.2) is 5.75 Å². The van der Waals surface area contributed by atoms with Crippen LogP contribution >= 0.6 is 22.6 Å². The van der Waals surface area contributed by atoms with Crippen molar-refractivity contribution < 1.29 is 9.53 Å². The minimum Gasteiger partial charge on any atom is -0.488 e. The largest absolute Gasteiger partial charge is 0.488 e. The van der Waals surface area contributed by atoms with Gasteiger partial charge in [0.2, 0.25) is 0 Å². The maximum absolute atomic E-state index is 11.5. The molecule has 0 saturated heterocycles. The van der Waals surface area contributed by atoms with E-state index in [1.54, 1.807) is 19.4 Å². The van der Waals surface area contributed by atoms with Gasteiger partial charge in [-0.3, -0.25) is 9.78 Å². The van der Waals surface area contributed by atoms with E-state index in [0.717, 1.165) is 16.4 Å². The van der Waals surface area contributed by atoms with E-state index in [0.29, 0.717) is 17.4 Å². The van der Waals surface area contributed by atoms with Crippen molar-refractivity contribution in [2.75, 3.05) is 7.05 Å². The lowest BCUT2D eigenvalue weighted by Crippen LogP contribution is -2.19. The van der Waals surface area contributed by atoms with Gasteiger partial charge in [0.1, 0.15) is 0 Å². The van der Waals surface area contributed by atoms with E-state index in [-0.39, 0.29) is 5.91 Å². The summed E-state index contributed by atoms with van der Waals surface area (Å²) in [6.07, 6.45) is 5.73. The third-order valence-corrected chi connectivity index (χ3v) is 3.25. The summed E-state index contributed by atoms with van der Waals surface area (Å²) in [5.41, 5.74) is 0.566. The summed E-state index contributed by atoms with van der Waals surface area (Å²) in [6.45, 7) is 0. The van der Waals surface area contributed by atoms with Gasteiger partial charge in [-0.1, -0.05) is 0 Å². The highest BCUT2D eigenvalue weighted by Gasteiger charge is 2.25. The highest BCUT2D eigenvalue weighted by molar-refractivity contribution is 14.1. The SMILES string of the molecule is CNC(=O)c1cncc(OC2CC2)c1I. The Labute approximate surface area is 102 Å². The molecule has 1 fully saturated rings. The third kappa shape index (κ3) is 2.39. The van der Waals surface area contributed by atoms with Crippen molar-refractivity contribution in [2.45, 2.75) is 18.9 Å². The molecule has 1 heterocycles. The van der Waals surface area contributed by atoms with Gasteiger partial charge in [-0.25, -0.2) is 0 Å². The molecule has 15 heavy (non-hydrogen) atoms. The van der Waals surface area contributed by atoms with Gasteiger partial charge in [-0.05, 0) is 35.4 Å². The molecule has 0 aromatic carbocycles. The van der Waals surface area contributed by atoms with Gasteiger partial charge in [-0.2, -0.15) is 0 Å². The molecule has 4 nitrogen and oxygen atoms in total. The number of nitrogens with one attached hydrogen (secondary N) is 1. The minimum absolute atomic E-state index is 0.131. The predicted molar refractivity (Wildman–Crippen MR) is 64.0 cm³/mol. The second kappa shape index (κ2) is 4.34. The molecule has 0 spiro atoms. The topological polar surface area (TPSA) is 51.2 Å². The molecule has 1 N–H and O–H groups in total. The average Bonchev–Trinajstić information content (AvgIpc) is 3.04. The first-order valence-electron chi connectivity index (χ1n) is 4.74. The van der Waals surface area contributed by atoms with Crippen LogP contribution in [0.1, 0.15) is 23.2 Å². The minimum atomic E-state index is -0.131. The monoisotopic (exact) mass is 318 g/mol. The molecule has 1 amide bonds. The lowest BCUT2D eigenvalue weighted by atomic mass is 10.2. The number of amides is 1. The van der Waals surface area contributed by atoms with E-state index in [2.05, 4.69) is 32.9 Å². The van der Waals surface area contributed by atoms with Gasteiger partial charge in [0, 0.05) is 13.2 Å². The maximum atomic E-state index is 11.5. The van der Waals surface area contributed by atoms with Crippen molar-refractivity contribution in [2.24, 2.45) is 0 Å². The highest BCUT2D eigenvalue weighted by atomic mass is 127. The fraction of sp³-hybridized carbons (Fsp3) is 0.400. The molecular weight excluding hydrogens is 307 g/mol. The number of carbonyl (C=O) groups is 1. The number of carbonyl (C=O) groups excluding carboxylic acids is 1. The van der Waals surface area contributed by atoms with Crippen LogP contribution in [0.5, 0.6) is 5.75 Å². The van der Waals surface area contributed by atoms with Crippen LogP contribution in [0, 0.1) is 3.57 Å². The summed E-state index contributed by atoms with van der Waals surface area (Å²) in [5, 5.41) is 2.58. The standard InChI is InChI=1S/C10H11IN2O2/c1-12-10(14)7-4-13-5-8(9(7)11)15-6-2-3-6/h4-6H,2-3H2,1H3,(H,12,14). The van der Waals surface area contributed by atoms with Crippen molar-refractivity contribution in [3.05, 3.63) is 21.5 Å². The smallest absolute Gasteiger partial charge is 0.253 e. The van der Waals surface area contributed by atoms with Gasteiger partial charge >= 0.3 is 0 Å². The van der Waals surface area contributed by atoms with Crippen LogP contribution < -0.4 is 10.1 Å². The predicted octanol–water partition coefficient (Wildman–Crippen LogP) is 1.59. The fourth-order valence-electron chi connectivity index (χ4n) is 1.17. The number of rotatable bonds is 3. The Hall–Kier alpha value is -0.850. The number of nitrogens with zero attached hydrogens (tertiary/aromatic N) is 1. The fourth-order valence-corrected chi connectivity index (χ4v) is 1.82. The number of halogens is 1. The number of ether oxygens (including phenoxy) is 1. The Bertz CT molecular complexity index is 391. The molecular formula is C10H11IN2O2. The molecule has 0 atom stereocenters. The Balaban J connectivity index is 2.27. The first kappa shape index (κ1) is 10.7. The molecule has 0 radical (unpaired) electrons. The van der Waals surface area contributed by atoms with Crippen molar-refractivity contribution in [3.8, 4) is 5.75 Å². The zero-order chi connectivity index (χ0) is 10.8. The average molecular weight is 318 g/mol. The van der Waals surface area contributed by atoms with E-state index in [1.807, 2.05) is 0 Å². The van der Waals surface area contributed by atoms with Gasteiger partial charge < -0.3 is 10.1 Å². The van der Waals surface area contributed by atoms with E-state index < -0.39 is 0 Å². The third-order valence-electron chi connectivity index (χ3n) is 2.14. The summed E-state index contributed by atoms with van der Waals surface area (Å²) >= 11 is 2.11. The molecule has 1 aliphatic rings. The molecule has 1 saturated carbocycles. The van der Waals surface area contributed by atoms with Crippen LogP contribution in [-0.4, -0.2) is 24.0 Å². The second-order valence-electron chi connectivity index (χ2n) is 3.40. The quantitative estimate of drug-likeness (QED) is 0.861. The molecule has 1 aliphatic carbocycles. The first-order chi connectivity index (χ1) is 7.22. The Kier molecular flexibility index (Phi) is 3.08. The second-order valence-corrected chi connectivity index (χ2v) is 4.47. The first-order valence-corrected chi connectivity index (χ1v) is 5.82. The van der Waals surface area contributed by atoms with Gasteiger partial charge in [0.05, 0.1) is 21.4 Å². The molecule has 1 aromatic heterocycles. The van der Waals surface area contributed by atoms with Crippen molar-refractivity contribution in [1.82, 2.24) is 10.3 Å². The van der Waals surface area contributed by atoms with Crippen molar-refractivity contribution in [3.63, 3.8) is 0 Å². The van der Waals surface area contributed by atoms with Gasteiger partial charge in [-0.15, -0.1) is 0 Å². The summed E-state index contributed by atoms with van der Waals surface area (Å²) in [5.74, 6) is 0.576. The summed E-state index contributed by atoms with van der Waals surface area (Å²) < 4.78 is 6.47. The zero-order valence-corrected chi connectivity index (χ0v) is 10.4. The van der Waals surface area contributed by atoms with Crippen molar-refractivity contribution >= 4 is 28.5 Å². The van der Waals surface area contributed by atoms with Crippen LogP contribution in [0.15, 0.2) is 12.4 Å². The van der Waals surface area contributed by atoms with Crippen LogP contribution in [0.4, 0.5) is 0 Å². The van der Waals surface area contributed by atoms with E-state index >= 15 is 0 Å². The molecule has 0 bridgehead atoms. The van der Waals surface area contributed by atoms with Crippen LogP contribution in [0.2, 0.25) is 0 Å². The molecule has 2 rings (SSSR count). The van der Waals surface area contributed by atoms with Crippen LogP contribution in [0.3, 0.4) is 0 Å². The zero-order valence-electron chi connectivity index (χ0n) is 8.29. The van der Waals surface area contributed by atoms with Crippen LogP contribution in [0.25, 0.3) is 0 Å². The molecule has 0 unspecified atom stereocenters. The number of aromatic nitrogens is 1. The molecule has 1 aromatic rings. The Morgan fingerprint density at radius 2 is 2.33 bits per heavy atom. The molecule has 80 valence electrons. The lowest BCUT2D eigenvalue weighted by molar-refractivity contribution is 0.0961. The highest BCUT2D eigenvalue weighted by Crippen LogP contribution is 2.30. The van der Waals surface area contributed by atoms with E-state index in [1.165, 1.54) is 0 Å². The Morgan fingerprint density at radius 1 is 1.60 bits per heavy atom. The van der Waals surface area contributed by atoms with E-state index in [4.69, 9.17) is 4.74 Å². The number of hydrogen-bond donors (Lipinski definition) is 1. The number of hydrogen-bond acceptors (Lipinski definition) is 3. The summed E-state index contributed by atoms with van der Waals surface area (Å²) in [4.78, 5) is 15.5. The van der Waals surface area contributed by atoms with Crippen molar-refractivity contribution in [1.29, 1.82) is 0 Å². The Morgan fingerprint density at radius 3 is 2.93 bits per heavy atom. The molecule has 5 heteroatoms. The molecule has 0 aliphatic heterocycles. The van der Waals surface area contributed by atoms with Gasteiger partial charge in [0.25, 0.3) is 5.91 Å². The normalized spacial score (nSPS) is 14.8. The lowest BCUT2D eigenvalue weighted by Gasteiger charge is -2.09.